The molecule has 0 bridgehead atoms. The molecule has 0 fully saturated rings. The number of nitrogens with zero attached hydrogens (tertiary/aromatic N) is 2. The molecule has 0 aliphatic rings. The van der Waals surface area contributed by atoms with Crippen LogP contribution in [0.1, 0.15) is 13.3 Å². The summed E-state index contributed by atoms with van der Waals surface area (Å²) in [4.78, 5) is 6.79. The Labute approximate surface area is 114 Å². The summed E-state index contributed by atoms with van der Waals surface area (Å²) in [6, 6.07) is 2.01. The van der Waals surface area contributed by atoms with Gasteiger partial charge in [-0.15, -0.1) is 0 Å². The zero-order valence-corrected chi connectivity index (χ0v) is 12.2. The topological polar surface area (TPSA) is 42.1 Å². The maximum Gasteiger partial charge on any atom is 0.142 e. The Morgan fingerprint density at radius 3 is 2.88 bits per heavy atom. The Morgan fingerprint density at radius 1 is 1.75 bits per heavy atom. The largest absolute Gasteiger partial charge is 0.393 e. The van der Waals surface area contributed by atoms with E-state index in [4.69, 9.17) is 29.6 Å². The lowest BCUT2D eigenvalue weighted by Gasteiger charge is -2.26. The lowest BCUT2D eigenvalue weighted by molar-refractivity contribution is 0.704. The Morgan fingerprint density at radius 2 is 2.38 bits per heavy atom. The second-order valence-electron chi connectivity index (χ2n) is 3.59. The van der Waals surface area contributed by atoms with Crippen molar-refractivity contribution < 1.29 is 0 Å². The third kappa shape index (κ3) is 3.57. The second kappa shape index (κ2) is 5.80. The van der Waals surface area contributed by atoms with Gasteiger partial charge in [0.2, 0.25) is 0 Å². The molecule has 88 valence electrons. The van der Waals surface area contributed by atoms with Crippen molar-refractivity contribution in [2.24, 2.45) is 5.73 Å². The van der Waals surface area contributed by atoms with Gasteiger partial charge in [0.25, 0.3) is 0 Å². The summed E-state index contributed by atoms with van der Waals surface area (Å²) in [7, 11) is 1.95. The number of thiocarbonyl (C=S) groups is 1. The molecule has 0 saturated heterocycles. The first-order valence-electron chi connectivity index (χ1n) is 4.74. The molecular formula is C10H13BrClN3S. The van der Waals surface area contributed by atoms with Gasteiger partial charge in [0.05, 0.1) is 14.5 Å². The highest BCUT2D eigenvalue weighted by Crippen LogP contribution is 2.27. The molecule has 16 heavy (non-hydrogen) atoms. The van der Waals surface area contributed by atoms with Crippen LogP contribution in [0.2, 0.25) is 5.02 Å². The highest BCUT2D eigenvalue weighted by Gasteiger charge is 2.15. The number of aromatic nitrogens is 1. The molecule has 6 heteroatoms. The van der Waals surface area contributed by atoms with E-state index >= 15 is 0 Å². The standard InChI is InChI=1S/C10H13BrClN3S/c1-6(3-9(13)16)15(2)10-8(11)4-7(12)5-14-10/h4-6H,3H2,1-2H3,(H2,13,16). The van der Waals surface area contributed by atoms with Crippen molar-refractivity contribution >= 4 is 50.6 Å². The SMILES string of the molecule is CC(CC(N)=S)N(C)c1ncc(Cl)cc1Br. The molecule has 1 aromatic heterocycles. The Bertz CT molecular complexity index is 400. The van der Waals surface area contributed by atoms with Crippen LogP contribution < -0.4 is 10.6 Å². The van der Waals surface area contributed by atoms with E-state index < -0.39 is 0 Å². The van der Waals surface area contributed by atoms with Crippen molar-refractivity contribution in [1.82, 2.24) is 4.98 Å². The molecule has 1 rings (SSSR count). The molecule has 0 aliphatic carbocycles. The molecule has 0 aliphatic heterocycles. The van der Waals surface area contributed by atoms with Crippen molar-refractivity contribution in [3.63, 3.8) is 0 Å². The number of hydrogen-bond donors (Lipinski definition) is 1. The first-order chi connectivity index (χ1) is 7.41. The minimum atomic E-state index is 0.197. The van der Waals surface area contributed by atoms with Crippen LogP contribution in [0.25, 0.3) is 0 Å². The normalized spacial score (nSPS) is 12.2. The van der Waals surface area contributed by atoms with Crippen LogP contribution in [0.15, 0.2) is 16.7 Å². The van der Waals surface area contributed by atoms with E-state index in [0.29, 0.717) is 16.4 Å². The smallest absolute Gasteiger partial charge is 0.142 e. The molecule has 3 nitrogen and oxygen atoms in total. The predicted molar refractivity (Wildman–Crippen MR) is 76.2 cm³/mol. The van der Waals surface area contributed by atoms with Crippen molar-refractivity contribution in [3.8, 4) is 0 Å². The average molecular weight is 323 g/mol. The minimum absolute atomic E-state index is 0.197. The second-order valence-corrected chi connectivity index (χ2v) is 5.40. The Kier molecular flexibility index (Phi) is 4.95. The van der Waals surface area contributed by atoms with E-state index in [1.165, 1.54) is 0 Å². The van der Waals surface area contributed by atoms with Crippen LogP contribution in [0.5, 0.6) is 0 Å². The first-order valence-corrected chi connectivity index (χ1v) is 6.32. The van der Waals surface area contributed by atoms with Crippen LogP contribution in [0.3, 0.4) is 0 Å². The summed E-state index contributed by atoms with van der Waals surface area (Å²) in [6.45, 7) is 2.04. The summed E-state index contributed by atoms with van der Waals surface area (Å²) >= 11 is 14.2. The van der Waals surface area contributed by atoms with Gasteiger partial charge in [-0.25, -0.2) is 4.98 Å². The van der Waals surface area contributed by atoms with Gasteiger partial charge >= 0.3 is 0 Å². The van der Waals surface area contributed by atoms with Gasteiger partial charge in [0.1, 0.15) is 5.82 Å². The highest BCUT2D eigenvalue weighted by molar-refractivity contribution is 9.10. The predicted octanol–water partition coefficient (Wildman–Crippen LogP) is 3.00. The van der Waals surface area contributed by atoms with Crippen LogP contribution >= 0.6 is 39.7 Å². The van der Waals surface area contributed by atoms with Gasteiger partial charge in [-0.1, -0.05) is 23.8 Å². The van der Waals surface area contributed by atoms with Crippen LogP contribution in [0.4, 0.5) is 5.82 Å². The van der Waals surface area contributed by atoms with E-state index in [9.17, 15) is 0 Å². The third-order valence-corrected chi connectivity index (χ3v) is 3.24. The summed E-state index contributed by atoms with van der Waals surface area (Å²) in [5.41, 5.74) is 5.52. The minimum Gasteiger partial charge on any atom is -0.393 e. The van der Waals surface area contributed by atoms with E-state index in [-0.39, 0.29) is 6.04 Å². The number of pyridine rings is 1. The maximum absolute atomic E-state index is 5.83. The van der Waals surface area contributed by atoms with Gasteiger partial charge in [-0.3, -0.25) is 0 Å². The van der Waals surface area contributed by atoms with Crippen LogP contribution in [-0.2, 0) is 0 Å². The van der Waals surface area contributed by atoms with Gasteiger partial charge < -0.3 is 10.6 Å². The van der Waals surface area contributed by atoms with E-state index in [0.717, 1.165) is 10.3 Å². The monoisotopic (exact) mass is 321 g/mol. The van der Waals surface area contributed by atoms with Gasteiger partial charge in [-0.2, -0.15) is 0 Å². The fourth-order valence-corrected chi connectivity index (χ4v) is 2.46. The summed E-state index contributed by atoms with van der Waals surface area (Å²) in [5, 5.41) is 0.603. The molecule has 1 unspecified atom stereocenters. The molecule has 1 atom stereocenters. The van der Waals surface area contributed by atoms with E-state index in [1.807, 2.05) is 24.9 Å². The number of rotatable bonds is 4. The van der Waals surface area contributed by atoms with E-state index in [1.54, 1.807) is 6.20 Å². The van der Waals surface area contributed by atoms with Gasteiger partial charge in [-0.05, 0) is 28.9 Å². The fourth-order valence-electron chi connectivity index (χ4n) is 1.30. The van der Waals surface area contributed by atoms with E-state index in [2.05, 4.69) is 20.9 Å². The summed E-state index contributed by atoms with van der Waals surface area (Å²) in [5.74, 6) is 0.827. The third-order valence-electron chi connectivity index (χ3n) is 2.28. The summed E-state index contributed by atoms with van der Waals surface area (Å²) < 4.78 is 0.859. The molecule has 0 radical (unpaired) electrons. The molecule has 0 amide bonds. The number of nitrogens with two attached hydrogens (primary N) is 1. The molecular weight excluding hydrogens is 310 g/mol. The number of hydrogen-bond acceptors (Lipinski definition) is 3. The zero-order chi connectivity index (χ0) is 12.3. The maximum atomic E-state index is 5.83. The van der Waals surface area contributed by atoms with Gasteiger partial charge in [0, 0.05) is 25.7 Å². The summed E-state index contributed by atoms with van der Waals surface area (Å²) in [6.07, 6.45) is 2.27. The number of anilines is 1. The lowest BCUT2D eigenvalue weighted by atomic mass is 10.2. The first kappa shape index (κ1) is 13.7. The molecule has 0 spiro atoms. The molecule has 0 saturated carbocycles. The van der Waals surface area contributed by atoms with Gasteiger partial charge in [0.15, 0.2) is 0 Å². The molecule has 2 N–H and O–H groups in total. The fraction of sp³-hybridized carbons (Fsp3) is 0.400. The van der Waals surface area contributed by atoms with Crippen molar-refractivity contribution in [2.75, 3.05) is 11.9 Å². The van der Waals surface area contributed by atoms with Crippen LogP contribution in [-0.4, -0.2) is 23.1 Å². The average Bonchev–Trinajstić information content (AvgIpc) is 2.15. The Hall–Kier alpha value is -0.390. The zero-order valence-electron chi connectivity index (χ0n) is 9.08. The van der Waals surface area contributed by atoms with Crippen LogP contribution in [0, 0.1) is 0 Å². The quantitative estimate of drug-likeness (QED) is 0.865. The number of halogens is 2. The van der Waals surface area contributed by atoms with Crippen molar-refractivity contribution in [3.05, 3.63) is 21.8 Å². The molecule has 0 aromatic carbocycles. The van der Waals surface area contributed by atoms with Crippen molar-refractivity contribution in [2.45, 2.75) is 19.4 Å². The lowest BCUT2D eigenvalue weighted by Crippen LogP contribution is -2.33. The molecule has 1 heterocycles. The highest BCUT2D eigenvalue weighted by atomic mass is 79.9. The molecule has 1 aromatic rings. The van der Waals surface area contributed by atoms with Crippen molar-refractivity contribution in [1.29, 1.82) is 0 Å². The Balaban J connectivity index is 2.87.